The van der Waals surface area contributed by atoms with E-state index in [1.807, 2.05) is 0 Å². The minimum absolute atomic E-state index is 0.105. The summed E-state index contributed by atoms with van der Waals surface area (Å²) in [5.41, 5.74) is 0. The number of carbonyl (C=O) groups excluding carboxylic acids is 1. The van der Waals surface area contributed by atoms with E-state index < -0.39 is 0 Å². The molecule has 4 heteroatoms. The second-order valence-corrected chi connectivity index (χ2v) is 3.85. The van der Waals surface area contributed by atoms with E-state index in [2.05, 4.69) is 10.1 Å². The first kappa shape index (κ1) is 7.96. The summed E-state index contributed by atoms with van der Waals surface area (Å²) in [6.07, 6.45) is 1.75. The Bertz CT molecular complexity index is 123. The Hall–Kier alpha value is -0.140. The van der Waals surface area contributed by atoms with E-state index in [9.17, 15) is 4.79 Å². The molecular weight excluding hydrogens is 149 g/mol. The molecule has 0 spiro atoms. The molecule has 0 aliphatic carbocycles. The highest BCUT2D eigenvalue weighted by Gasteiger charge is 2.17. The number of ether oxygens (including phenoxy) is 1. The van der Waals surface area contributed by atoms with Crippen molar-refractivity contribution in [3.63, 3.8) is 0 Å². The van der Waals surface area contributed by atoms with E-state index in [-0.39, 0.29) is 5.97 Å². The number of nitrogens with one attached hydrogen (secondary N) is 1. The average Bonchev–Trinajstić information content (AvgIpc) is 2.40. The van der Waals surface area contributed by atoms with Gasteiger partial charge in [0.15, 0.2) is 0 Å². The molecule has 1 N–H and O–H groups in total. The molecule has 1 aliphatic rings. The Morgan fingerprint density at radius 2 is 2.70 bits per heavy atom. The van der Waals surface area contributed by atoms with Crippen molar-refractivity contribution < 1.29 is 9.53 Å². The van der Waals surface area contributed by atoms with E-state index in [1.165, 1.54) is 13.3 Å². The van der Waals surface area contributed by atoms with E-state index in [0.29, 0.717) is 12.2 Å². The summed E-state index contributed by atoms with van der Waals surface area (Å²) in [7, 11) is 2.31. The summed E-state index contributed by atoms with van der Waals surface area (Å²) in [4.78, 5) is 10.7. The Morgan fingerprint density at radius 3 is 3.20 bits per heavy atom. The van der Waals surface area contributed by atoms with Gasteiger partial charge in [0.2, 0.25) is 0 Å². The molecule has 0 bridgehead atoms. The molecule has 0 radical (unpaired) electrons. The summed E-state index contributed by atoms with van der Waals surface area (Å²) in [6.45, 7) is 1.06. The molecule has 1 fully saturated rings. The lowest BCUT2D eigenvalue weighted by atomic mass is 10.4. The third-order valence-electron chi connectivity index (χ3n) is 1.50. The van der Waals surface area contributed by atoms with Crippen molar-refractivity contribution in [2.45, 2.75) is 12.2 Å². The van der Waals surface area contributed by atoms with Crippen LogP contribution in [0.15, 0.2) is 0 Å². The van der Waals surface area contributed by atoms with Gasteiger partial charge in [-0.1, -0.05) is 0 Å². The van der Waals surface area contributed by atoms with Crippen LogP contribution in [0.3, 0.4) is 0 Å². The second kappa shape index (κ2) is 3.89. The van der Waals surface area contributed by atoms with Crippen LogP contribution in [0, 0.1) is 0 Å². The molecule has 1 saturated heterocycles. The summed E-state index contributed by atoms with van der Waals surface area (Å²) >= 11 is 0. The van der Waals surface area contributed by atoms with Crippen LogP contribution >= 0.6 is 8.58 Å². The fourth-order valence-corrected chi connectivity index (χ4v) is 2.20. The largest absolute Gasteiger partial charge is 0.469 e. The molecular formula is C6H12NO2P. The molecule has 0 aromatic carbocycles. The van der Waals surface area contributed by atoms with Gasteiger partial charge < -0.3 is 10.1 Å². The Balaban J connectivity index is 2.17. The quantitative estimate of drug-likeness (QED) is 0.463. The second-order valence-electron chi connectivity index (χ2n) is 2.24. The maximum absolute atomic E-state index is 10.7. The van der Waals surface area contributed by atoms with Crippen molar-refractivity contribution in [2.24, 2.45) is 0 Å². The summed E-state index contributed by atoms with van der Waals surface area (Å²) < 4.78 is 4.54. The highest BCUT2D eigenvalue weighted by atomic mass is 31.1. The van der Waals surface area contributed by atoms with Crippen LogP contribution in [0.5, 0.6) is 0 Å². The lowest BCUT2D eigenvalue weighted by Gasteiger charge is -2.06. The molecule has 2 unspecified atom stereocenters. The van der Waals surface area contributed by atoms with Crippen LogP contribution in [0.4, 0.5) is 0 Å². The van der Waals surface area contributed by atoms with E-state index in [1.54, 1.807) is 0 Å². The molecule has 1 aliphatic heterocycles. The van der Waals surface area contributed by atoms with Gasteiger partial charge in [-0.2, -0.15) is 0 Å². The SMILES string of the molecule is COC(=O)CC1NCCP1. The van der Waals surface area contributed by atoms with Crippen LogP contribution in [0.1, 0.15) is 6.42 Å². The van der Waals surface area contributed by atoms with Crippen molar-refractivity contribution in [2.75, 3.05) is 19.8 Å². The van der Waals surface area contributed by atoms with Gasteiger partial charge >= 0.3 is 5.97 Å². The molecule has 0 aromatic rings. The molecule has 2 atom stereocenters. The fraction of sp³-hybridized carbons (Fsp3) is 0.833. The molecule has 3 nitrogen and oxygen atoms in total. The smallest absolute Gasteiger partial charge is 0.307 e. The third kappa shape index (κ3) is 2.24. The number of carbonyl (C=O) groups is 1. The minimum Gasteiger partial charge on any atom is -0.469 e. The van der Waals surface area contributed by atoms with Crippen molar-refractivity contribution >= 4 is 14.6 Å². The first-order chi connectivity index (χ1) is 4.83. The Labute approximate surface area is 62.3 Å². The lowest BCUT2D eigenvalue weighted by Crippen LogP contribution is -2.22. The number of hydrogen-bond donors (Lipinski definition) is 1. The van der Waals surface area contributed by atoms with E-state index >= 15 is 0 Å². The molecule has 1 rings (SSSR count). The average molecular weight is 161 g/mol. The van der Waals surface area contributed by atoms with Gasteiger partial charge in [-0.05, 0) is 12.7 Å². The van der Waals surface area contributed by atoms with Crippen LogP contribution in [0.2, 0.25) is 0 Å². The highest BCUT2D eigenvalue weighted by Crippen LogP contribution is 2.23. The van der Waals surface area contributed by atoms with Gasteiger partial charge in [-0.15, -0.1) is 8.58 Å². The monoisotopic (exact) mass is 161 g/mol. The van der Waals surface area contributed by atoms with Crippen molar-refractivity contribution in [3.05, 3.63) is 0 Å². The molecule has 0 amide bonds. The predicted molar refractivity (Wildman–Crippen MR) is 41.6 cm³/mol. The van der Waals surface area contributed by atoms with Crippen LogP contribution in [-0.2, 0) is 9.53 Å². The first-order valence-electron chi connectivity index (χ1n) is 3.36. The zero-order valence-electron chi connectivity index (χ0n) is 6.02. The first-order valence-corrected chi connectivity index (χ1v) is 4.65. The van der Waals surface area contributed by atoms with Gasteiger partial charge in [0.1, 0.15) is 0 Å². The van der Waals surface area contributed by atoms with Gasteiger partial charge in [0, 0.05) is 5.78 Å². The van der Waals surface area contributed by atoms with Crippen LogP contribution in [0.25, 0.3) is 0 Å². The summed E-state index contributed by atoms with van der Waals surface area (Å²) in [6, 6.07) is 0. The lowest BCUT2D eigenvalue weighted by molar-refractivity contribution is -0.140. The number of esters is 1. The number of methoxy groups -OCH3 is 1. The third-order valence-corrected chi connectivity index (χ3v) is 2.94. The molecule has 0 saturated carbocycles. The van der Waals surface area contributed by atoms with Crippen LogP contribution in [-0.4, -0.2) is 31.6 Å². The van der Waals surface area contributed by atoms with Gasteiger partial charge in [-0.25, -0.2) is 0 Å². The van der Waals surface area contributed by atoms with Crippen LogP contribution < -0.4 is 5.32 Å². The molecule has 0 aromatic heterocycles. The highest BCUT2D eigenvalue weighted by molar-refractivity contribution is 7.39. The normalized spacial score (nSPS) is 27.1. The standard InChI is InChI=1S/C6H12NO2P/c1-9-6(8)4-5-7-2-3-10-5/h5,7,10H,2-4H2,1H3. The summed E-state index contributed by atoms with van der Waals surface area (Å²) in [5.74, 6) is 0.291. The summed E-state index contributed by atoms with van der Waals surface area (Å²) in [5, 5.41) is 3.23. The van der Waals surface area contributed by atoms with Crippen molar-refractivity contribution in [3.8, 4) is 0 Å². The molecule has 10 heavy (non-hydrogen) atoms. The minimum atomic E-state index is -0.105. The van der Waals surface area contributed by atoms with E-state index in [0.717, 1.165) is 15.1 Å². The Morgan fingerprint density at radius 1 is 1.90 bits per heavy atom. The zero-order chi connectivity index (χ0) is 7.40. The predicted octanol–water partition coefficient (Wildman–Crippen LogP) is 0.157. The zero-order valence-corrected chi connectivity index (χ0v) is 7.02. The molecule has 1 heterocycles. The Kier molecular flexibility index (Phi) is 3.10. The maximum Gasteiger partial charge on any atom is 0.307 e. The van der Waals surface area contributed by atoms with Gasteiger partial charge in [0.25, 0.3) is 0 Å². The number of rotatable bonds is 2. The topological polar surface area (TPSA) is 38.3 Å². The molecule has 58 valence electrons. The van der Waals surface area contributed by atoms with Crippen molar-refractivity contribution in [1.82, 2.24) is 5.32 Å². The fourth-order valence-electron chi connectivity index (χ4n) is 0.959. The van der Waals surface area contributed by atoms with Gasteiger partial charge in [-0.3, -0.25) is 4.79 Å². The number of hydrogen-bond acceptors (Lipinski definition) is 3. The van der Waals surface area contributed by atoms with Crippen molar-refractivity contribution in [1.29, 1.82) is 0 Å². The maximum atomic E-state index is 10.7. The van der Waals surface area contributed by atoms with E-state index in [4.69, 9.17) is 0 Å². The van der Waals surface area contributed by atoms with Gasteiger partial charge in [0.05, 0.1) is 13.5 Å².